The third-order valence-electron chi connectivity index (χ3n) is 12.9. The Kier molecular flexibility index (Phi) is 10.4. The van der Waals surface area contributed by atoms with Crippen LogP contribution in [0.2, 0.25) is 0 Å². The Morgan fingerprint density at radius 3 is 2.40 bits per heavy atom. The molecule has 5 fully saturated rings. The number of ether oxygens (including phenoxy) is 5. The molecule has 4 saturated heterocycles. The first-order valence-electron chi connectivity index (χ1n) is 22.0. The molecule has 326 valence electrons. The Morgan fingerprint density at radius 2 is 1.73 bits per heavy atom. The van der Waals surface area contributed by atoms with Gasteiger partial charge in [-0.1, -0.05) is 12.1 Å². The minimum atomic E-state index is -1.02. The number of amides is 1. The monoisotopic (exact) mass is 848 g/mol. The van der Waals surface area contributed by atoms with Crippen molar-refractivity contribution in [1.29, 1.82) is 0 Å². The topological polar surface area (TPSA) is 151 Å². The number of hydrogen-bond acceptors (Lipinski definition) is 11. The number of carboxylic acid groups (broad SMARTS) is 1. The van der Waals surface area contributed by atoms with Crippen molar-refractivity contribution in [3.05, 3.63) is 70.7 Å². The summed E-state index contributed by atoms with van der Waals surface area (Å²) in [5.41, 5.74) is 4.32. The van der Waals surface area contributed by atoms with Gasteiger partial charge in [-0.3, -0.25) is 0 Å². The van der Waals surface area contributed by atoms with Crippen molar-refractivity contribution in [2.75, 3.05) is 37.8 Å². The molecule has 4 aliphatic heterocycles. The van der Waals surface area contributed by atoms with Crippen LogP contribution >= 0.6 is 0 Å². The van der Waals surface area contributed by atoms with Crippen LogP contribution in [0.5, 0.6) is 11.8 Å². The zero-order valence-electron chi connectivity index (χ0n) is 35.7. The summed E-state index contributed by atoms with van der Waals surface area (Å²) >= 11 is 0. The first-order valence-corrected chi connectivity index (χ1v) is 22.0. The number of carbonyl (C=O) groups excluding carboxylic acids is 1. The molecule has 62 heavy (non-hydrogen) atoms. The molecule has 4 atom stereocenters. The van der Waals surface area contributed by atoms with Crippen molar-refractivity contribution < 1.29 is 42.8 Å². The van der Waals surface area contributed by atoms with E-state index >= 15 is 4.39 Å². The van der Waals surface area contributed by atoms with Gasteiger partial charge < -0.3 is 38.6 Å². The summed E-state index contributed by atoms with van der Waals surface area (Å²) in [6.45, 7) is 10.1. The Hall–Kier alpha value is -5.54. The third-order valence-corrected chi connectivity index (χ3v) is 12.9. The molecule has 0 radical (unpaired) electrons. The van der Waals surface area contributed by atoms with E-state index in [1.807, 2.05) is 36.5 Å². The summed E-state index contributed by atoms with van der Waals surface area (Å²) in [5, 5.41) is 16.0. The molecule has 6 heterocycles. The molecule has 2 bridgehead atoms. The second kappa shape index (κ2) is 16.0. The molecular weight excluding hydrogens is 796 g/mol. The minimum absolute atomic E-state index is 0.0317. The molecular formula is C47H53FN6O8. The fourth-order valence-corrected chi connectivity index (χ4v) is 9.66. The van der Waals surface area contributed by atoms with Crippen LogP contribution in [0.1, 0.15) is 111 Å². The number of piperazine rings is 1. The van der Waals surface area contributed by atoms with Gasteiger partial charge in [0.15, 0.2) is 12.0 Å². The maximum Gasteiger partial charge on any atom is 0.410 e. The van der Waals surface area contributed by atoms with E-state index in [0.29, 0.717) is 60.0 Å². The summed E-state index contributed by atoms with van der Waals surface area (Å²) in [6, 6.07) is 10.4. The fourth-order valence-electron chi connectivity index (χ4n) is 9.66. The molecule has 1 N–H and O–H groups in total. The highest BCUT2D eigenvalue weighted by Gasteiger charge is 2.48. The van der Waals surface area contributed by atoms with Gasteiger partial charge in [-0.05, 0) is 120 Å². The Balaban J connectivity index is 1.16. The average molecular weight is 849 g/mol. The van der Waals surface area contributed by atoms with Gasteiger partial charge >= 0.3 is 18.1 Å². The molecule has 1 unspecified atom stereocenters. The lowest BCUT2D eigenvalue weighted by molar-refractivity contribution is -0.0367. The first kappa shape index (κ1) is 40.5. The second-order valence-electron chi connectivity index (χ2n) is 18.4. The van der Waals surface area contributed by atoms with E-state index in [9.17, 15) is 14.7 Å². The number of nitrogens with zero attached hydrogens (tertiary/aromatic N) is 6. The second-order valence-corrected chi connectivity index (χ2v) is 18.4. The Bertz CT molecular complexity index is 2540. The quantitative estimate of drug-likeness (QED) is 0.135. The number of halogens is 1. The Labute approximate surface area is 359 Å². The van der Waals surface area contributed by atoms with Crippen molar-refractivity contribution in [3.63, 3.8) is 0 Å². The number of anilines is 1. The van der Waals surface area contributed by atoms with Crippen molar-refractivity contribution in [3.8, 4) is 22.9 Å². The van der Waals surface area contributed by atoms with Crippen LogP contribution in [0.25, 0.3) is 32.9 Å². The van der Waals surface area contributed by atoms with E-state index in [-0.39, 0.29) is 67.0 Å². The maximum absolute atomic E-state index is 16.5. The number of hydrogen-bond donors (Lipinski definition) is 1. The van der Waals surface area contributed by atoms with Gasteiger partial charge in [0.1, 0.15) is 36.0 Å². The lowest BCUT2D eigenvalue weighted by Crippen LogP contribution is -2.50. The summed E-state index contributed by atoms with van der Waals surface area (Å²) in [5.74, 6) is -0.0807. The summed E-state index contributed by atoms with van der Waals surface area (Å²) < 4.78 is 49.6. The first-order chi connectivity index (χ1) is 29.9. The van der Waals surface area contributed by atoms with E-state index in [4.69, 9.17) is 38.8 Å². The van der Waals surface area contributed by atoms with Crippen LogP contribution in [0.15, 0.2) is 42.6 Å². The van der Waals surface area contributed by atoms with Gasteiger partial charge in [0.25, 0.3) is 0 Å². The lowest BCUT2D eigenvalue weighted by Gasteiger charge is -2.36. The normalized spacial score (nSPS) is 22.5. The smallest absolute Gasteiger partial charge is 0.410 e. The highest BCUT2D eigenvalue weighted by Crippen LogP contribution is 2.54. The average Bonchev–Trinajstić information content (AvgIpc) is 3.57. The standard InChI is InChI=1S/C47H53FN6O8/c1-26-36(48)20-37-35(21-49-54(37)38-9-5-6-16-59-38)39(26)40-33(28-14-15-28)19-34-41(42(40)60-24-27-10-12-29(13-11-27)44(55)56)50-45(61-25-32-8-7-17-58-32)51-43(34)52-22-31-18-30(52)23-53(31)46(57)62-47(2,3)4/h10-13,19-21,28,30-32,38H,5-9,14-18,22-25H2,1-4H3,(H,55,56)/t30-,31-,32+,38?/m0/s1. The van der Waals surface area contributed by atoms with Crippen molar-refractivity contribution in [2.45, 2.75) is 122 Å². The fraction of sp³-hybridized carbons (Fsp3) is 0.511. The highest BCUT2D eigenvalue weighted by molar-refractivity contribution is 6.06. The molecule has 10 rings (SSSR count). The van der Waals surface area contributed by atoms with Crippen LogP contribution in [0.4, 0.5) is 15.0 Å². The zero-order valence-corrected chi connectivity index (χ0v) is 35.7. The van der Waals surface area contributed by atoms with E-state index in [2.05, 4.69) is 11.0 Å². The van der Waals surface area contributed by atoms with Gasteiger partial charge in [0.05, 0.1) is 35.5 Å². The number of benzene rings is 3. The summed E-state index contributed by atoms with van der Waals surface area (Å²) in [4.78, 5) is 39.5. The molecule has 2 aromatic heterocycles. The lowest BCUT2D eigenvalue weighted by atomic mass is 9.88. The van der Waals surface area contributed by atoms with E-state index in [0.717, 1.165) is 78.8 Å². The van der Waals surface area contributed by atoms with Crippen LogP contribution in [0, 0.1) is 12.7 Å². The predicted octanol–water partition coefficient (Wildman–Crippen LogP) is 8.70. The molecule has 0 spiro atoms. The summed E-state index contributed by atoms with van der Waals surface area (Å²) in [7, 11) is 0. The molecule has 5 aliphatic rings. The number of aromatic carboxylic acids is 1. The zero-order chi connectivity index (χ0) is 42.9. The van der Waals surface area contributed by atoms with Crippen molar-refractivity contribution in [1.82, 2.24) is 24.6 Å². The number of carboxylic acids is 1. The largest absolute Gasteiger partial charge is 0.486 e. The minimum Gasteiger partial charge on any atom is -0.486 e. The van der Waals surface area contributed by atoms with E-state index < -0.39 is 11.6 Å². The molecule has 5 aromatic rings. The van der Waals surface area contributed by atoms with Gasteiger partial charge in [0, 0.05) is 54.3 Å². The Morgan fingerprint density at radius 1 is 0.919 bits per heavy atom. The molecule has 1 aliphatic carbocycles. The van der Waals surface area contributed by atoms with Crippen molar-refractivity contribution >= 4 is 39.7 Å². The highest BCUT2D eigenvalue weighted by atomic mass is 19.1. The third kappa shape index (κ3) is 7.67. The molecule has 3 aromatic carbocycles. The number of rotatable bonds is 11. The number of fused-ring (bicyclic) bond motifs is 4. The molecule has 1 saturated carbocycles. The molecule has 1 amide bonds. The molecule has 15 heteroatoms. The van der Waals surface area contributed by atoms with Crippen molar-refractivity contribution in [2.24, 2.45) is 0 Å². The van der Waals surface area contributed by atoms with Gasteiger partial charge in [-0.15, -0.1) is 0 Å². The van der Waals surface area contributed by atoms with Crippen LogP contribution < -0.4 is 14.4 Å². The summed E-state index contributed by atoms with van der Waals surface area (Å²) in [6.07, 6.45) is 8.31. The number of likely N-dealkylation sites (tertiary alicyclic amines) is 1. The van der Waals surface area contributed by atoms with Crippen LogP contribution in [0.3, 0.4) is 0 Å². The molecule has 14 nitrogen and oxygen atoms in total. The van der Waals surface area contributed by atoms with Gasteiger partial charge in [-0.25, -0.2) is 18.7 Å². The van der Waals surface area contributed by atoms with E-state index in [1.54, 1.807) is 37.3 Å². The number of carbonyl (C=O) groups is 2. The number of aromatic nitrogens is 4. The van der Waals surface area contributed by atoms with E-state index in [1.165, 1.54) is 0 Å². The van der Waals surface area contributed by atoms with Gasteiger partial charge in [-0.2, -0.15) is 15.1 Å². The van der Waals surface area contributed by atoms with Gasteiger partial charge in [0.2, 0.25) is 0 Å². The van der Waals surface area contributed by atoms with Crippen LogP contribution in [-0.2, 0) is 20.8 Å². The maximum atomic E-state index is 16.5. The SMILES string of the molecule is Cc1c(F)cc2c(cnn2C2CCCCO2)c1-c1c(C2CC2)cc2c(N3C[C@@H]4C[C@H]3CN4C(=O)OC(C)(C)C)nc(OC[C@H]3CCCO3)nc2c1OCc1ccc(C(=O)O)cc1. The van der Waals surface area contributed by atoms with Crippen LogP contribution in [-0.4, -0.2) is 98.5 Å². The predicted molar refractivity (Wildman–Crippen MR) is 228 cm³/mol.